The number of benzene rings is 2. The number of fused-ring (bicyclic) bond motifs is 2. The van der Waals surface area contributed by atoms with Gasteiger partial charge in [0.1, 0.15) is 12.8 Å². The summed E-state index contributed by atoms with van der Waals surface area (Å²) in [5, 5.41) is 14.8. The standard InChI is InChI=1S/C37H50N8O3/c1-26-19-27(20-30-23-39-41-35(26)30)21-34(36(46)44-17-15-43(16-18-44)32-9-11-42(2)12-10-32)40-37(47)45-13-7-28(8-14-45)31-22-29-5-3-4-6-33(29)38-25-48-24-31/h3-6,19-20,22-23,28,32,34,38H,7-18,21,24-25H2,1-2H3,(H,39,41)(H,40,47)/b31-22+/t34-/m1/s1. The molecule has 0 unspecified atom stereocenters. The van der Waals surface area contributed by atoms with Crippen LogP contribution in [-0.4, -0.2) is 127 Å². The van der Waals surface area contributed by atoms with Gasteiger partial charge < -0.3 is 30.1 Å². The Hall–Kier alpha value is -3.93. The maximum atomic E-state index is 14.2. The summed E-state index contributed by atoms with van der Waals surface area (Å²) in [5.74, 6) is 0.360. The van der Waals surface area contributed by atoms with Crippen molar-refractivity contribution in [2.75, 3.05) is 78.1 Å². The van der Waals surface area contributed by atoms with E-state index >= 15 is 0 Å². The van der Waals surface area contributed by atoms with Crippen molar-refractivity contribution in [2.45, 2.75) is 51.1 Å². The molecular formula is C37H50N8O3. The molecule has 3 N–H and O–H groups in total. The van der Waals surface area contributed by atoms with Gasteiger partial charge in [-0.2, -0.15) is 5.10 Å². The molecule has 11 nitrogen and oxygen atoms in total. The van der Waals surface area contributed by atoms with Gasteiger partial charge in [0.05, 0.1) is 18.3 Å². The first kappa shape index (κ1) is 32.6. The third-order valence-electron chi connectivity index (χ3n) is 10.9. The molecule has 5 heterocycles. The van der Waals surface area contributed by atoms with Crippen molar-refractivity contribution in [2.24, 2.45) is 5.92 Å². The lowest BCUT2D eigenvalue weighted by molar-refractivity contribution is -0.135. The molecule has 1 atom stereocenters. The first-order valence-electron chi connectivity index (χ1n) is 17.7. The Kier molecular flexibility index (Phi) is 9.97. The monoisotopic (exact) mass is 654 g/mol. The topological polar surface area (TPSA) is 109 Å². The van der Waals surface area contributed by atoms with E-state index in [2.05, 4.69) is 81.0 Å². The number of anilines is 1. The van der Waals surface area contributed by atoms with Crippen LogP contribution in [0.2, 0.25) is 0 Å². The number of nitrogens with one attached hydrogen (secondary N) is 3. The lowest BCUT2D eigenvalue weighted by atomic mass is 9.88. The van der Waals surface area contributed by atoms with Crippen LogP contribution in [0.1, 0.15) is 42.4 Å². The number of hydrogen-bond donors (Lipinski definition) is 3. The summed E-state index contributed by atoms with van der Waals surface area (Å²) in [5.41, 5.74) is 6.64. The second-order valence-electron chi connectivity index (χ2n) is 14.1. The number of likely N-dealkylation sites (tertiary alicyclic amines) is 2. The fourth-order valence-corrected chi connectivity index (χ4v) is 8.01. The summed E-state index contributed by atoms with van der Waals surface area (Å²) in [6.45, 7) is 9.82. The van der Waals surface area contributed by atoms with Crippen LogP contribution in [0.15, 0.2) is 48.2 Å². The van der Waals surface area contributed by atoms with Gasteiger partial charge in [0.2, 0.25) is 5.91 Å². The SMILES string of the molecule is Cc1cc(C[C@@H](NC(=O)N2CCC(/C3=C/c4ccccc4NCOC3)CC2)C(=O)N2CCN(C3CCN(C)CC3)CC2)cc2cn[nH]c12. The lowest BCUT2D eigenvalue weighted by Crippen LogP contribution is -2.59. The number of ether oxygens (including phenoxy) is 1. The molecule has 7 rings (SSSR count). The van der Waals surface area contributed by atoms with Gasteiger partial charge in [0, 0.05) is 62.8 Å². The third-order valence-corrected chi connectivity index (χ3v) is 10.9. The van der Waals surface area contributed by atoms with Crippen LogP contribution in [0.4, 0.5) is 10.5 Å². The van der Waals surface area contributed by atoms with Gasteiger partial charge in [-0.15, -0.1) is 0 Å². The quantitative estimate of drug-likeness (QED) is 0.370. The van der Waals surface area contributed by atoms with Crippen LogP contribution < -0.4 is 10.6 Å². The second-order valence-corrected chi connectivity index (χ2v) is 14.1. The number of hydrogen-bond acceptors (Lipinski definition) is 7. The van der Waals surface area contributed by atoms with Crippen molar-refractivity contribution in [1.29, 1.82) is 0 Å². The third kappa shape index (κ3) is 7.38. The summed E-state index contributed by atoms with van der Waals surface area (Å²) >= 11 is 0. The van der Waals surface area contributed by atoms with E-state index in [-0.39, 0.29) is 11.9 Å². The Morgan fingerprint density at radius 2 is 1.75 bits per heavy atom. The molecule has 4 aliphatic heterocycles. The van der Waals surface area contributed by atoms with Gasteiger partial charge in [-0.05, 0) is 93.1 Å². The molecule has 4 aliphatic rings. The number of carbonyl (C=O) groups excluding carboxylic acids is 2. The highest BCUT2D eigenvalue weighted by Crippen LogP contribution is 2.30. The zero-order chi connectivity index (χ0) is 33.0. The highest BCUT2D eigenvalue weighted by atomic mass is 16.5. The molecule has 48 heavy (non-hydrogen) atoms. The average molecular weight is 655 g/mol. The smallest absolute Gasteiger partial charge is 0.318 e. The molecule has 0 saturated carbocycles. The second kappa shape index (κ2) is 14.7. The number of nitrogens with zero attached hydrogens (tertiary/aromatic N) is 5. The highest BCUT2D eigenvalue weighted by Gasteiger charge is 2.34. The molecule has 3 fully saturated rings. The van der Waals surface area contributed by atoms with Gasteiger partial charge in [-0.3, -0.25) is 14.8 Å². The van der Waals surface area contributed by atoms with E-state index in [4.69, 9.17) is 4.74 Å². The molecule has 0 spiro atoms. The predicted molar refractivity (Wildman–Crippen MR) is 189 cm³/mol. The summed E-state index contributed by atoms with van der Waals surface area (Å²) in [6, 6.07) is 12.3. The minimum absolute atomic E-state index is 0.00954. The number of amides is 3. The number of aromatic amines is 1. The number of rotatable bonds is 6. The van der Waals surface area contributed by atoms with Crippen molar-refractivity contribution in [3.8, 4) is 0 Å². The van der Waals surface area contributed by atoms with E-state index in [1.54, 1.807) is 0 Å². The Bertz CT molecular complexity index is 1610. The fourth-order valence-electron chi connectivity index (χ4n) is 8.01. The van der Waals surface area contributed by atoms with Crippen LogP contribution in [0.3, 0.4) is 0 Å². The molecule has 11 heteroatoms. The molecule has 1 aromatic heterocycles. The number of aromatic nitrogens is 2. The van der Waals surface area contributed by atoms with Crippen LogP contribution in [0.5, 0.6) is 0 Å². The van der Waals surface area contributed by atoms with Crippen LogP contribution in [0.25, 0.3) is 17.0 Å². The molecule has 3 aromatic rings. The molecule has 0 aliphatic carbocycles. The summed E-state index contributed by atoms with van der Waals surface area (Å²) in [7, 11) is 2.19. The van der Waals surface area contributed by atoms with Gasteiger partial charge in [-0.25, -0.2) is 4.79 Å². The number of piperidine rings is 2. The molecule has 2 aromatic carbocycles. The lowest BCUT2D eigenvalue weighted by Gasteiger charge is -2.43. The Morgan fingerprint density at radius 1 is 0.979 bits per heavy atom. The molecular weight excluding hydrogens is 604 g/mol. The van der Waals surface area contributed by atoms with E-state index in [1.165, 1.54) is 24.0 Å². The number of H-pyrrole nitrogens is 1. The zero-order valence-corrected chi connectivity index (χ0v) is 28.4. The van der Waals surface area contributed by atoms with E-state index in [1.807, 2.05) is 22.1 Å². The molecule has 3 amide bonds. The number of urea groups is 1. The van der Waals surface area contributed by atoms with Crippen LogP contribution >= 0.6 is 0 Å². The summed E-state index contributed by atoms with van der Waals surface area (Å²) in [4.78, 5) is 36.8. The van der Waals surface area contributed by atoms with E-state index in [0.29, 0.717) is 57.9 Å². The van der Waals surface area contributed by atoms with Gasteiger partial charge in [0.25, 0.3) is 0 Å². The largest absolute Gasteiger partial charge is 0.362 e. The first-order chi connectivity index (χ1) is 23.4. The van der Waals surface area contributed by atoms with Crippen molar-refractivity contribution in [1.82, 2.24) is 35.1 Å². The van der Waals surface area contributed by atoms with Crippen LogP contribution in [-0.2, 0) is 16.0 Å². The highest BCUT2D eigenvalue weighted by molar-refractivity contribution is 5.88. The number of piperazine rings is 1. The summed E-state index contributed by atoms with van der Waals surface area (Å²) < 4.78 is 5.91. The maximum Gasteiger partial charge on any atom is 0.318 e. The van der Waals surface area contributed by atoms with Crippen molar-refractivity contribution in [3.05, 3.63) is 64.9 Å². The van der Waals surface area contributed by atoms with Crippen LogP contribution in [0, 0.1) is 12.8 Å². The molecule has 0 bridgehead atoms. The Labute approximate surface area is 283 Å². The average Bonchev–Trinajstić information content (AvgIpc) is 3.58. The number of carbonyl (C=O) groups is 2. The van der Waals surface area contributed by atoms with Gasteiger partial charge in [0.15, 0.2) is 0 Å². The van der Waals surface area contributed by atoms with Crippen molar-refractivity contribution in [3.63, 3.8) is 0 Å². The van der Waals surface area contributed by atoms with Crippen molar-refractivity contribution >= 4 is 34.6 Å². The van der Waals surface area contributed by atoms with E-state index < -0.39 is 6.04 Å². The number of aryl methyl sites for hydroxylation is 1. The predicted octanol–water partition coefficient (Wildman–Crippen LogP) is 3.93. The Balaban J connectivity index is 1.01. The first-order valence-corrected chi connectivity index (χ1v) is 17.7. The summed E-state index contributed by atoms with van der Waals surface area (Å²) in [6.07, 6.45) is 8.62. The maximum absolute atomic E-state index is 14.2. The van der Waals surface area contributed by atoms with Gasteiger partial charge >= 0.3 is 6.03 Å². The van der Waals surface area contributed by atoms with Crippen molar-refractivity contribution < 1.29 is 14.3 Å². The van der Waals surface area contributed by atoms with Gasteiger partial charge in [-0.1, -0.05) is 30.3 Å². The number of para-hydroxylation sites is 1. The molecule has 0 radical (unpaired) electrons. The van der Waals surface area contributed by atoms with E-state index in [0.717, 1.165) is 66.7 Å². The normalized spacial score (nSPS) is 22.2. The zero-order valence-electron chi connectivity index (χ0n) is 28.4. The Morgan fingerprint density at radius 3 is 2.54 bits per heavy atom. The molecule has 256 valence electrons. The minimum Gasteiger partial charge on any atom is -0.362 e. The fraction of sp³-hybridized carbons (Fsp3) is 0.541. The minimum atomic E-state index is -0.639. The van der Waals surface area contributed by atoms with E-state index in [9.17, 15) is 9.59 Å². The molecule has 3 saturated heterocycles.